The molecule has 0 saturated carbocycles. The fourth-order valence-corrected chi connectivity index (χ4v) is 3.18. The number of likely N-dealkylation sites (N-methyl/N-ethyl adjacent to an activating group) is 1. The minimum Gasteiger partial charge on any atom is -0.348 e. The number of carbonyl (C=O) groups excluding carboxylic acids is 1. The number of aromatic nitrogens is 1. The number of amides is 1. The molecular formula is C19H23N3O. The van der Waals surface area contributed by atoms with E-state index in [0.717, 1.165) is 30.6 Å². The van der Waals surface area contributed by atoms with Crippen molar-refractivity contribution in [3.63, 3.8) is 0 Å². The molecule has 4 nitrogen and oxygen atoms in total. The van der Waals surface area contributed by atoms with Crippen molar-refractivity contribution in [2.75, 3.05) is 13.6 Å². The molecule has 0 aliphatic carbocycles. The first-order chi connectivity index (χ1) is 11.2. The van der Waals surface area contributed by atoms with Crippen LogP contribution in [0.25, 0.3) is 0 Å². The monoisotopic (exact) mass is 309 g/mol. The Kier molecular flexibility index (Phi) is 5.03. The summed E-state index contributed by atoms with van der Waals surface area (Å²) in [4.78, 5) is 19.2. The molecular weight excluding hydrogens is 286 g/mol. The summed E-state index contributed by atoms with van der Waals surface area (Å²) in [7, 11) is 2.02. The molecule has 1 aromatic carbocycles. The van der Waals surface area contributed by atoms with E-state index >= 15 is 0 Å². The van der Waals surface area contributed by atoms with E-state index in [1.807, 2.05) is 43.4 Å². The number of hydrogen-bond acceptors (Lipinski definition) is 3. The van der Waals surface area contributed by atoms with Crippen LogP contribution in [0.2, 0.25) is 0 Å². The highest BCUT2D eigenvalue weighted by molar-refractivity contribution is 5.82. The third-order valence-electron chi connectivity index (χ3n) is 4.48. The van der Waals surface area contributed by atoms with Gasteiger partial charge in [0.05, 0.1) is 12.1 Å². The van der Waals surface area contributed by atoms with Gasteiger partial charge < -0.3 is 5.32 Å². The van der Waals surface area contributed by atoms with Gasteiger partial charge in [-0.25, -0.2) is 0 Å². The maximum atomic E-state index is 12.7. The van der Waals surface area contributed by atoms with E-state index in [-0.39, 0.29) is 18.0 Å². The molecule has 0 bridgehead atoms. The van der Waals surface area contributed by atoms with Crippen molar-refractivity contribution < 1.29 is 4.79 Å². The van der Waals surface area contributed by atoms with Gasteiger partial charge in [-0.3, -0.25) is 14.7 Å². The number of rotatable bonds is 5. The largest absolute Gasteiger partial charge is 0.348 e. The number of hydrogen-bond donors (Lipinski definition) is 1. The topological polar surface area (TPSA) is 45.2 Å². The minimum atomic E-state index is -0.0485. The number of benzene rings is 1. The van der Waals surface area contributed by atoms with Crippen molar-refractivity contribution in [2.45, 2.75) is 31.3 Å². The van der Waals surface area contributed by atoms with Gasteiger partial charge in [0.1, 0.15) is 0 Å². The predicted octanol–water partition coefficient (Wildman–Crippen LogP) is 2.58. The third kappa shape index (κ3) is 3.96. The molecule has 1 aliphatic heterocycles. The van der Waals surface area contributed by atoms with Crippen LogP contribution in [0.3, 0.4) is 0 Å². The van der Waals surface area contributed by atoms with E-state index in [9.17, 15) is 4.79 Å². The van der Waals surface area contributed by atoms with Gasteiger partial charge in [0, 0.05) is 18.3 Å². The first kappa shape index (κ1) is 15.7. The molecule has 2 aromatic rings. The molecule has 1 aromatic heterocycles. The number of nitrogens with zero attached hydrogens (tertiary/aromatic N) is 2. The molecule has 1 fully saturated rings. The van der Waals surface area contributed by atoms with Crippen LogP contribution in [0.5, 0.6) is 0 Å². The molecule has 4 heteroatoms. The molecule has 23 heavy (non-hydrogen) atoms. The summed E-state index contributed by atoms with van der Waals surface area (Å²) >= 11 is 0. The number of carbonyl (C=O) groups is 1. The Morgan fingerprint density at radius 2 is 2.04 bits per heavy atom. The van der Waals surface area contributed by atoms with Gasteiger partial charge in [-0.1, -0.05) is 36.4 Å². The lowest BCUT2D eigenvalue weighted by molar-refractivity contribution is -0.125. The SMILES string of the molecule is CN1CCCC1C(=O)NC(Cc1ccccn1)c1ccccc1. The van der Waals surface area contributed by atoms with Crippen LogP contribution >= 0.6 is 0 Å². The molecule has 3 rings (SSSR count). The zero-order valence-corrected chi connectivity index (χ0v) is 13.5. The van der Waals surface area contributed by atoms with Crippen molar-refractivity contribution in [3.05, 3.63) is 66.0 Å². The quantitative estimate of drug-likeness (QED) is 0.923. The van der Waals surface area contributed by atoms with E-state index in [1.165, 1.54) is 0 Å². The Morgan fingerprint density at radius 1 is 1.26 bits per heavy atom. The zero-order valence-electron chi connectivity index (χ0n) is 13.5. The van der Waals surface area contributed by atoms with Crippen molar-refractivity contribution in [1.29, 1.82) is 0 Å². The van der Waals surface area contributed by atoms with Crippen LogP contribution in [-0.2, 0) is 11.2 Å². The Labute approximate surface area is 137 Å². The number of likely N-dealkylation sites (tertiary alicyclic amines) is 1. The second-order valence-corrected chi connectivity index (χ2v) is 6.14. The van der Waals surface area contributed by atoms with E-state index in [1.54, 1.807) is 6.20 Å². The molecule has 120 valence electrons. The molecule has 2 atom stereocenters. The van der Waals surface area contributed by atoms with Crippen molar-refractivity contribution in [2.24, 2.45) is 0 Å². The van der Waals surface area contributed by atoms with E-state index in [2.05, 4.69) is 27.3 Å². The molecule has 2 heterocycles. The number of pyridine rings is 1. The van der Waals surface area contributed by atoms with Gasteiger partial charge in [-0.2, -0.15) is 0 Å². The average molecular weight is 309 g/mol. The highest BCUT2D eigenvalue weighted by Crippen LogP contribution is 2.20. The molecule has 1 amide bonds. The van der Waals surface area contributed by atoms with Crippen molar-refractivity contribution >= 4 is 5.91 Å². The first-order valence-electron chi connectivity index (χ1n) is 8.19. The minimum absolute atomic E-state index is 0.00931. The maximum Gasteiger partial charge on any atom is 0.237 e. The smallest absolute Gasteiger partial charge is 0.237 e. The second kappa shape index (κ2) is 7.38. The molecule has 1 aliphatic rings. The molecule has 1 saturated heterocycles. The highest BCUT2D eigenvalue weighted by atomic mass is 16.2. The van der Waals surface area contributed by atoms with Crippen LogP contribution < -0.4 is 5.32 Å². The van der Waals surface area contributed by atoms with Gasteiger partial charge in [0.25, 0.3) is 0 Å². The second-order valence-electron chi connectivity index (χ2n) is 6.14. The average Bonchev–Trinajstić information content (AvgIpc) is 3.02. The normalized spacial score (nSPS) is 19.4. The molecule has 2 unspecified atom stereocenters. The summed E-state index contributed by atoms with van der Waals surface area (Å²) in [6.45, 7) is 0.994. The van der Waals surface area contributed by atoms with E-state index in [4.69, 9.17) is 0 Å². The van der Waals surface area contributed by atoms with Gasteiger partial charge >= 0.3 is 0 Å². The Hall–Kier alpha value is -2.20. The van der Waals surface area contributed by atoms with Crippen LogP contribution in [0.15, 0.2) is 54.7 Å². The predicted molar refractivity (Wildman–Crippen MR) is 90.9 cm³/mol. The molecule has 0 spiro atoms. The fourth-order valence-electron chi connectivity index (χ4n) is 3.18. The molecule has 0 radical (unpaired) electrons. The van der Waals surface area contributed by atoms with Crippen LogP contribution in [0.1, 0.15) is 30.1 Å². The molecule has 1 N–H and O–H groups in total. The summed E-state index contributed by atoms with van der Waals surface area (Å²) in [5.74, 6) is 0.120. The summed E-state index contributed by atoms with van der Waals surface area (Å²) in [6.07, 6.45) is 4.52. The van der Waals surface area contributed by atoms with E-state index < -0.39 is 0 Å². The Morgan fingerprint density at radius 3 is 2.70 bits per heavy atom. The maximum absolute atomic E-state index is 12.7. The Bertz CT molecular complexity index is 630. The number of nitrogens with one attached hydrogen (secondary N) is 1. The highest BCUT2D eigenvalue weighted by Gasteiger charge is 2.29. The van der Waals surface area contributed by atoms with Gasteiger partial charge in [-0.15, -0.1) is 0 Å². The van der Waals surface area contributed by atoms with Crippen molar-refractivity contribution in [1.82, 2.24) is 15.2 Å². The lowest BCUT2D eigenvalue weighted by Gasteiger charge is -2.24. The van der Waals surface area contributed by atoms with Gasteiger partial charge in [-0.05, 0) is 44.1 Å². The van der Waals surface area contributed by atoms with Crippen LogP contribution in [-0.4, -0.2) is 35.4 Å². The fraction of sp³-hybridized carbons (Fsp3) is 0.368. The summed E-state index contributed by atoms with van der Waals surface area (Å²) < 4.78 is 0. The summed E-state index contributed by atoms with van der Waals surface area (Å²) in [5, 5.41) is 3.23. The lowest BCUT2D eigenvalue weighted by atomic mass is 10.0. The zero-order chi connectivity index (χ0) is 16.1. The lowest BCUT2D eigenvalue weighted by Crippen LogP contribution is -2.43. The summed E-state index contributed by atoms with van der Waals surface area (Å²) in [5.41, 5.74) is 2.11. The standard InChI is InChI=1S/C19H23N3O/c1-22-13-7-11-18(22)19(23)21-17(15-8-3-2-4-9-15)14-16-10-5-6-12-20-16/h2-6,8-10,12,17-18H,7,11,13-14H2,1H3,(H,21,23). The van der Waals surface area contributed by atoms with Gasteiger partial charge in [0.15, 0.2) is 0 Å². The first-order valence-corrected chi connectivity index (χ1v) is 8.19. The van der Waals surface area contributed by atoms with Crippen molar-refractivity contribution in [3.8, 4) is 0 Å². The third-order valence-corrected chi connectivity index (χ3v) is 4.48. The van der Waals surface area contributed by atoms with Gasteiger partial charge in [0.2, 0.25) is 5.91 Å². The van der Waals surface area contributed by atoms with E-state index in [0.29, 0.717) is 6.42 Å². The van der Waals surface area contributed by atoms with Crippen LogP contribution in [0.4, 0.5) is 0 Å². The van der Waals surface area contributed by atoms with Crippen LogP contribution in [0, 0.1) is 0 Å². The summed E-state index contributed by atoms with van der Waals surface area (Å²) in [6, 6.07) is 16.0. The Balaban J connectivity index is 1.76.